The molecule has 1 fully saturated rings. The van der Waals surface area contributed by atoms with E-state index in [2.05, 4.69) is 11.2 Å². The van der Waals surface area contributed by atoms with E-state index in [-0.39, 0.29) is 18.2 Å². The lowest BCUT2D eigenvalue weighted by atomic mass is 9.90. The van der Waals surface area contributed by atoms with Gasteiger partial charge in [-0.1, -0.05) is 12.8 Å². The standard InChI is InChI=1S/C11H19NO2/c1-3-10(4-2)12-11(9-13)5-7-14-8-6-11/h1,10,12-13H,4-9H2,2H3. The highest BCUT2D eigenvalue weighted by atomic mass is 16.5. The monoisotopic (exact) mass is 197 g/mol. The fraction of sp³-hybridized carbons (Fsp3) is 0.818. The Morgan fingerprint density at radius 2 is 2.21 bits per heavy atom. The minimum absolute atomic E-state index is 0.0558. The number of hydrogen-bond donors (Lipinski definition) is 2. The summed E-state index contributed by atoms with van der Waals surface area (Å²) in [5.74, 6) is 2.70. The molecule has 14 heavy (non-hydrogen) atoms. The number of nitrogens with one attached hydrogen (secondary N) is 1. The van der Waals surface area contributed by atoms with Gasteiger partial charge in [-0.05, 0) is 19.3 Å². The topological polar surface area (TPSA) is 41.5 Å². The van der Waals surface area contributed by atoms with Gasteiger partial charge in [-0.3, -0.25) is 5.32 Å². The molecule has 0 amide bonds. The lowest BCUT2D eigenvalue weighted by Gasteiger charge is -2.38. The van der Waals surface area contributed by atoms with E-state index >= 15 is 0 Å². The largest absolute Gasteiger partial charge is 0.394 e. The highest BCUT2D eigenvalue weighted by molar-refractivity contribution is 5.03. The van der Waals surface area contributed by atoms with Crippen molar-refractivity contribution in [3.05, 3.63) is 0 Å². The number of aliphatic hydroxyl groups excluding tert-OH is 1. The van der Waals surface area contributed by atoms with Gasteiger partial charge in [-0.15, -0.1) is 6.42 Å². The molecule has 2 N–H and O–H groups in total. The van der Waals surface area contributed by atoms with Gasteiger partial charge in [0.25, 0.3) is 0 Å². The molecule has 80 valence electrons. The van der Waals surface area contributed by atoms with Crippen molar-refractivity contribution < 1.29 is 9.84 Å². The Balaban J connectivity index is 2.55. The van der Waals surface area contributed by atoms with Crippen LogP contribution in [0, 0.1) is 12.3 Å². The van der Waals surface area contributed by atoms with Crippen molar-refractivity contribution in [2.75, 3.05) is 19.8 Å². The molecule has 1 aliphatic rings. The van der Waals surface area contributed by atoms with E-state index in [0.29, 0.717) is 13.2 Å². The van der Waals surface area contributed by atoms with E-state index in [1.807, 2.05) is 6.92 Å². The quantitative estimate of drug-likeness (QED) is 0.646. The van der Waals surface area contributed by atoms with Crippen molar-refractivity contribution in [3.8, 4) is 12.3 Å². The summed E-state index contributed by atoms with van der Waals surface area (Å²) in [5, 5.41) is 12.7. The lowest BCUT2D eigenvalue weighted by molar-refractivity contribution is 0.00923. The zero-order chi connectivity index (χ0) is 10.4. The lowest BCUT2D eigenvalue weighted by Crippen LogP contribution is -2.55. The molecule has 1 saturated heterocycles. The van der Waals surface area contributed by atoms with Crippen LogP contribution in [0.1, 0.15) is 26.2 Å². The van der Waals surface area contributed by atoms with E-state index < -0.39 is 0 Å². The van der Waals surface area contributed by atoms with Crippen molar-refractivity contribution >= 4 is 0 Å². The summed E-state index contributed by atoms with van der Waals surface area (Å²) in [5.41, 5.74) is -0.217. The van der Waals surface area contributed by atoms with Crippen LogP contribution in [0.15, 0.2) is 0 Å². The third-order valence-corrected chi connectivity index (χ3v) is 2.84. The molecule has 1 rings (SSSR count). The van der Waals surface area contributed by atoms with E-state index in [4.69, 9.17) is 11.2 Å². The van der Waals surface area contributed by atoms with Gasteiger partial charge in [-0.25, -0.2) is 0 Å². The van der Waals surface area contributed by atoms with Crippen LogP contribution in [0.3, 0.4) is 0 Å². The zero-order valence-electron chi connectivity index (χ0n) is 8.75. The van der Waals surface area contributed by atoms with Crippen molar-refractivity contribution in [2.24, 2.45) is 0 Å². The van der Waals surface area contributed by atoms with Gasteiger partial charge in [0.1, 0.15) is 0 Å². The number of hydrogen-bond acceptors (Lipinski definition) is 3. The summed E-state index contributed by atoms with van der Waals surface area (Å²) in [6, 6.07) is 0.0558. The zero-order valence-corrected chi connectivity index (χ0v) is 8.75. The summed E-state index contributed by atoms with van der Waals surface area (Å²) < 4.78 is 5.27. The maximum atomic E-state index is 9.39. The highest BCUT2D eigenvalue weighted by Crippen LogP contribution is 2.21. The van der Waals surface area contributed by atoms with Crippen LogP contribution in [0.4, 0.5) is 0 Å². The van der Waals surface area contributed by atoms with E-state index in [9.17, 15) is 5.11 Å². The Hall–Kier alpha value is -0.560. The maximum absolute atomic E-state index is 9.39. The molecule has 1 aliphatic heterocycles. The van der Waals surface area contributed by atoms with E-state index in [1.54, 1.807) is 0 Å². The summed E-state index contributed by atoms with van der Waals surface area (Å²) in [4.78, 5) is 0. The minimum atomic E-state index is -0.217. The first-order chi connectivity index (χ1) is 6.76. The molecule has 0 bridgehead atoms. The van der Waals surface area contributed by atoms with E-state index in [0.717, 1.165) is 19.3 Å². The van der Waals surface area contributed by atoms with Gasteiger partial charge >= 0.3 is 0 Å². The molecule has 1 unspecified atom stereocenters. The number of ether oxygens (including phenoxy) is 1. The first-order valence-corrected chi connectivity index (χ1v) is 5.19. The predicted molar refractivity (Wildman–Crippen MR) is 55.9 cm³/mol. The minimum Gasteiger partial charge on any atom is -0.394 e. The van der Waals surface area contributed by atoms with Gasteiger partial charge in [0.05, 0.1) is 12.6 Å². The Morgan fingerprint density at radius 1 is 1.57 bits per heavy atom. The molecule has 0 saturated carbocycles. The SMILES string of the molecule is C#CC(CC)NC1(CO)CCOCC1. The van der Waals surface area contributed by atoms with Crippen LogP contribution in [0.5, 0.6) is 0 Å². The number of terminal acetylenes is 1. The van der Waals surface area contributed by atoms with Gasteiger partial charge in [0.15, 0.2) is 0 Å². The average Bonchev–Trinajstić information content (AvgIpc) is 2.27. The molecular weight excluding hydrogens is 178 g/mol. The molecule has 3 heteroatoms. The summed E-state index contributed by atoms with van der Waals surface area (Å²) >= 11 is 0. The normalized spacial score (nSPS) is 22.6. The number of aliphatic hydroxyl groups is 1. The molecule has 0 aliphatic carbocycles. The molecule has 3 nitrogen and oxygen atoms in total. The van der Waals surface area contributed by atoms with E-state index in [1.165, 1.54) is 0 Å². The van der Waals surface area contributed by atoms with Crippen LogP contribution in [0.2, 0.25) is 0 Å². The van der Waals surface area contributed by atoms with Gasteiger partial charge in [0.2, 0.25) is 0 Å². The molecule has 0 aromatic heterocycles. The first-order valence-electron chi connectivity index (χ1n) is 5.19. The second-order valence-corrected chi connectivity index (χ2v) is 3.82. The predicted octanol–water partition coefficient (Wildman–Crippen LogP) is 0.529. The van der Waals surface area contributed by atoms with Crippen molar-refractivity contribution in [2.45, 2.75) is 37.8 Å². The third-order valence-electron chi connectivity index (χ3n) is 2.84. The summed E-state index contributed by atoms with van der Waals surface area (Å²) in [6.07, 6.45) is 7.95. The maximum Gasteiger partial charge on any atom is 0.0689 e. The van der Waals surface area contributed by atoms with Crippen LogP contribution in [-0.4, -0.2) is 36.5 Å². The van der Waals surface area contributed by atoms with Crippen LogP contribution >= 0.6 is 0 Å². The molecule has 1 heterocycles. The molecule has 0 aromatic carbocycles. The fourth-order valence-electron chi connectivity index (χ4n) is 1.74. The Morgan fingerprint density at radius 3 is 2.64 bits per heavy atom. The smallest absolute Gasteiger partial charge is 0.0689 e. The van der Waals surface area contributed by atoms with Crippen molar-refractivity contribution in [3.63, 3.8) is 0 Å². The molecule has 0 aromatic rings. The Labute approximate surface area is 85.8 Å². The second-order valence-electron chi connectivity index (χ2n) is 3.82. The third kappa shape index (κ3) is 2.71. The van der Waals surface area contributed by atoms with Crippen molar-refractivity contribution in [1.82, 2.24) is 5.32 Å². The molecule has 0 radical (unpaired) electrons. The Bertz CT molecular complexity index is 204. The van der Waals surface area contributed by atoms with Gasteiger partial charge in [-0.2, -0.15) is 0 Å². The van der Waals surface area contributed by atoms with Crippen LogP contribution in [-0.2, 0) is 4.74 Å². The average molecular weight is 197 g/mol. The fourth-order valence-corrected chi connectivity index (χ4v) is 1.74. The number of rotatable bonds is 4. The molecule has 0 spiro atoms. The second kappa shape index (κ2) is 5.35. The summed E-state index contributed by atoms with van der Waals surface area (Å²) in [7, 11) is 0. The molecule has 1 atom stereocenters. The Kier molecular flexibility index (Phi) is 4.40. The van der Waals surface area contributed by atoms with Crippen molar-refractivity contribution in [1.29, 1.82) is 0 Å². The molecular formula is C11H19NO2. The highest BCUT2D eigenvalue weighted by Gasteiger charge is 2.32. The van der Waals surface area contributed by atoms with Gasteiger partial charge in [0, 0.05) is 18.8 Å². The van der Waals surface area contributed by atoms with Crippen LogP contribution < -0.4 is 5.32 Å². The van der Waals surface area contributed by atoms with Gasteiger partial charge < -0.3 is 9.84 Å². The van der Waals surface area contributed by atoms with Crippen LogP contribution in [0.25, 0.3) is 0 Å². The first kappa shape index (κ1) is 11.5. The summed E-state index contributed by atoms with van der Waals surface area (Å²) in [6.45, 7) is 3.58.